The first-order valence-corrected chi connectivity index (χ1v) is 7.07. The molecule has 1 heterocycles. The Morgan fingerprint density at radius 2 is 1.70 bits per heavy atom. The molecule has 0 radical (unpaired) electrons. The lowest BCUT2D eigenvalue weighted by Gasteiger charge is -2.32. The third-order valence-corrected chi connectivity index (χ3v) is 4.45. The van der Waals surface area contributed by atoms with Crippen LogP contribution in [-0.4, -0.2) is 18.3 Å². The quantitative estimate of drug-likeness (QED) is 0.787. The molecule has 1 atom stereocenters. The van der Waals surface area contributed by atoms with Crippen molar-refractivity contribution in [3.8, 4) is 6.07 Å². The molecule has 2 rings (SSSR count). The molecule has 20 heavy (non-hydrogen) atoms. The van der Waals surface area contributed by atoms with Gasteiger partial charge in [-0.2, -0.15) is 5.26 Å². The molecule has 1 aliphatic rings. The van der Waals surface area contributed by atoms with E-state index in [1.54, 1.807) is 0 Å². The van der Waals surface area contributed by atoms with Crippen molar-refractivity contribution in [1.82, 2.24) is 0 Å². The van der Waals surface area contributed by atoms with Crippen LogP contribution in [0.1, 0.15) is 44.7 Å². The summed E-state index contributed by atoms with van der Waals surface area (Å²) >= 11 is 0. The molecule has 0 amide bonds. The van der Waals surface area contributed by atoms with Crippen LogP contribution in [0.3, 0.4) is 0 Å². The van der Waals surface area contributed by atoms with Crippen molar-refractivity contribution in [1.29, 1.82) is 5.26 Å². The van der Waals surface area contributed by atoms with Gasteiger partial charge in [-0.05, 0) is 45.7 Å². The standard InChI is InChI=1S/C16H22BNO2/c1-12-8-6-7-9-14(12)13(11-18)10-17-19-15(2,3)16(4,5)20-17/h6-9,13H,10H2,1-5H3. The molecule has 106 valence electrons. The molecule has 0 spiro atoms. The van der Waals surface area contributed by atoms with E-state index in [1.807, 2.05) is 58.9 Å². The van der Waals surface area contributed by atoms with Gasteiger partial charge in [0.2, 0.25) is 0 Å². The van der Waals surface area contributed by atoms with Crippen molar-refractivity contribution in [2.75, 3.05) is 0 Å². The van der Waals surface area contributed by atoms with Gasteiger partial charge >= 0.3 is 7.12 Å². The van der Waals surface area contributed by atoms with Gasteiger partial charge in [0.15, 0.2) is 0 Å². The molecule has 0 aromatic heterocycles. The molecule has 1 aliphatic heterocycles. The zero-order valence-corrected chi connectivity index (χ0v) is 12.9. The maximum atomic E-state index is 9.46. The fourth-order valence-electron chi connectivity index (χ4n) is 2.48. The van der Waals surface area contributed by atoms with Gasteiger partial charge in [0.05, 0.1) is 23.2 Å². The number of nitriles is 1. The van der Waals surface area contributed by atoms with Gasteiger partial charge in [0, 0.05) is 6.32 Å². The summed E-state index contributed by atoms with van der Waals surface area (Å²) in [5.74, 6) is -0.203. The van der Waals surface area contributed by atoms with Gasteiger partial charge < -0.3 is 9.31 Å². The van der Waals surface area contributed by atoms with E-state index in [-0.39, 0.29) is 24.2 Å². The Morgan fingerprint density at radius 3 is 2.20 bits per heavy atom. The van der Waals surface area contributed by atoms with E-state index < -0.39 is 0 Å². The summed E-state index contributed by atoms with van der Waals surface area (Å²) in [6.45, 7) is 10.2. The van der Waals surface area contributed by atoms with Crippen LogP contribution in [-0.2, 0) is 9.31 Å². The van der Waals surface area contributed by atoms with Crippen LogP contribution in [0.5, 0.6) is 0 Å². The summed E-state index contributed by atoms with van der Waals surface area (Å²) in [5, 5.41) is 9.46. The number of rotatable bonds is 3. The van der Waals surface area contributed by atoms with Crippen LogP contribution in [0.2, 0.25) is 6.32 Å². The van der Waals surface area contributed by atoms with Gasteiger partial charge in [-0.3, -0.25) is 0 Å². The normalized spacial score (nSPS) is 21.5. The van der Waals surface area contributed by atoms with E-state index in [0.29, 0.717) is 6.32 Å². The second-order valence-corrected chi connectivity index (χ2v) is 6.46. The van der Waals surface area contributed by atoms with Crippen LogP contribution in [0.25, 0.3) is 0 Å². The Balaban J connectivity index is 2.14. The van der Waals surface area contributed by atoms with Crippen molar-refractivity contribution < 1.29 is 9.31 Å². The van der Waals surface area contributed by atoms with Crippen molar-refractivity contribution in [2.24, 2.45) is 0 Å². The molecule has 1 fully saturated rings. The lowest BCUT2D eigenvalue weighted by atomic mass is 9.74. The summed E-state index contributed by atoms with van der Waals surface area (Å²) in [7, 11) is -0.329. The summed E-state index contributed by atoms with van der Waals surface area (Å²) in [6, 6.07) is 10.4. The van der Waals surface area contributed by atoms with Gasteiger partial charge in [-0.1, -0.05) is 24.3 Å². The average Bonchev–Trinajstić information content (AvgIpc) is 2.55. The smallest absolute Gasteiger partial charge is 0.403 e. The van der Waals surface area contributed by atoms with Crippen LogP contribution in [0.4, 0.5) is 0 Å². The van der Waals surface area contributed by atoms with E-state index in [9.17, 15) is 5.26 Å². The molecule has 0 saturated carbocycles. The zero-order valence-electron chi connectivity index (χ0n) is 12.9. The number of nitrogens with zero attached hydrogens (tertiary/aromatic N) is 1. The molecular weight excluding hydrogens is 249 g/mol. The van der Waals surface area contributed by atoms with Gasteiger partial charge in [-0.15, -0.1) is 0 Å². The van der Waals surface area contributed by atoms with E-state index in [0.717, 1.165) is 11.1 Å². The van der Waals surface area contributed by atoms with Crippen molar-refractivity contribution >= 4 is 7.12 Å². The molecule has 1 saturated heterocycles. The fourth-order valence-corrected chi connectivity index (χ4v) is 2.48. The first kappa shape index (κ1) is 15.1. The van der Waals surface area contributed by atoms with Crippen molar-refractivity contribution in [3.63, 3.8) is 0 Å². The predicted molar refractivity (Wildman–Crippen MR) is 80.4 cm³/mol. The molecule has 0 N–H and O–H groups in total. The molecular formula is C16H22BNO2. The van der Waals surface area contributed by atoms with Crippen LogP contribution >= 0.6 is 0 Å². The van der Waals surface area contributed by atoms with Crippen LogP contribution in [0, 0.1) is 18.3 Å². The monoisotopic (exact) mass is 271 g/mol. The Labute approximate surface area is 122 Å². The predicted octanol–water partition coefficient (Wildman–Crippen LogP) is 3.69. The van der Waals surface area contributed by atoms with Crippen molar-refractivity contribution in [3.05, 3.63) is 35.4 Å². The first-order chi connectivity index (χ1) is 9.27. The lowest BCUT2D eigenvalue weighted by Crippen LogP contribution is -2.41. The van der Waals surface area contributed by atoms with Crippen molar-refractivity contribution in [2.45, 2.75) is 58.1 Å². The summed E-state index contributed by atoms with van der Waals surface area (Å²) in [4.78, 5) is 0. The highest BCUT2D eigenvalue weighted by Crippen LogP contribution is 2.39. The topological polar surface area (TPSA) is 42.2 Å². The highest BCUT2D eigenvalue weighted by molar-refractivity contribution is 6.45. The zero-order chi connectivity index (χ0) is 15.0. The van der Waals surface area contributed by atoms with E-state index in [4.69, 9.17) is 9.31 Å². The maximum Gasteiger partial charge on any atom is 0.459 e. The van der Waals surface area contributed by atoms with Gasteiger partial charge in [-0.25, -0.2) is 0 Å². The average molecular weight is 271 g/mol. The number of hydrogen-bond donors (Lipinski definition) is 0. The second kappa shape index (κ2) is 5.23. The molecule has 1 unspecified atom stereocenters. The Morgan fingerprint density at radius 1 is 1.15 bits per heavy atom. The summed E-state index contributed by atoms with van der Waals surface area (Å²) in [6.07, 6.45) is 0.564. The highest BCUT2D eigenvalue weighted by atomic mass is 16.7. The molecule has 4 heteroatoms. The Bertz CT molecular complexity index is 518. The van der Waals surface area contributed by atoms with Crippen LogP contribution < -0.4 is 0 Å². The minimum absolute atomic E-state index is 0.203. The third kappa shape index (κ3) is 2.75. The largest absolute Gasteiger partial charge is 0.459 e. The Kier molecular flexibility index (Phi) is 3.95. The first-order valence-electron chi connectivity index (χ1n) is 7.07. The fraction of sp³-hybridized carbons (Fsp3) is 0.562. The number of benzene rings is 1. The minimum atomic E-state index is -0.344. The minimum Gasteiger partial charge on any atom is -0.403 e. The number of hydrogen-bond acceptors (Lipinski definition) is 3. The summed E-state index contributed by atoms with van der Waals surface area (Å²) in [5.41, 5.74) is 1.51. The van der Waals surface area contributed by atoms with E-state index >= 15 is 0 Å². The molecule has 0 aliphatic carbocycles. The van der Waals surface area contributed by atoms with Gasteiger partial charge in [0.25, 0.3) is 0 Å². The van der Waals surface area contributed by atoms with E-state index in [2.05, 4.69) is 6.07 Å². The molecule has 3 nitrogen and oxygen atoms in total. The Hall–Kier alpha value is -1.31. The molecule has 1 aromatic carbocycles. The van der Waals surface area contributed by atoms with Gasteiger partial charge in [0.1, 0.15) is 0 Å². The third-order valence-electron chi connectivity index (χ3n) is 4.45. The molecule has 1 aromatic rings. The second-order valence-electron chi connectivity index (χ2n) is 6.46. The highest BCUT2D eigenvalue weighted by Gasteiger charge is 2.51. The lowest BCUT2D eigenvalue weighted by molar-refractivity contribution is 0.00578. The SMILES string of the molecule is Cc1ccccc1C(C#N)CB1OC(C)(C)C(C)(C)O1. The summed E-state index contributed by atoms with van der Waals surface area (Å²) < 4.78 is 12.0. The van der Waals surface area contributed by atoms with E-state index in [1.165, 1.54) is 0 Å². The van der Waals surface area contributed by atoms with Crippen LogP contribution in [0.15, 0.2) is 24.3 Å². The maximum absolute atomic E-state index is 9.46. The number of aryl methyl sites for hydroxylation is 1. The molecule has 0 bridgehead atoms.